The second-order valence-corrected chi connectivity index (χ2v) is 8.91. The quantitative estimate of drug-likeness (QED) is 0.528. The van der Waals surface area contributed by atoms with E-state index in [4.69, 9.17) is 14.8 Å². The minimum atomic E-state index is -3.22. The maximum Gasteiger partial charge on any atom is 0.335 e. The number of carbonyl (C=O) groups excluding carboxylic acids is 2. The largest absolute Gasteiger partial charge is 0.368 e. The molecule has 2 amide bonds. The molecule has 0 radical (unpaired) electrons. The van der Waals surface area contributed by atoms with E-state index in [-0.39, 0.29) is 19.4 Å². The van der Waals surface area contributed by atoms with Crippen molar-refractivity contribution in [3.05, 3.63) is 70.8 Å². The Hall–Kier alpha value is -2.47. The summed E-state index contributed by atoms with van der Waals surface area (Å²) in [7, 11) is -3.22. The van der Waals surface area contributed by atoms with Crippen LogP contribution >= 0.6 is 7.60 Å². The first-order valence-corrected chi connectivity index (χ1v) is 11.6. The predicted molar refractivity (Wildman–Crippen MR) is 116 cm³/mol. The van der Waals surface area contributed by atoms with Crippen LogP contribution in [0.2, 0.25) is 0 Å². The van der Waals surface area contributed by atoms with Crippen molar-refractivity contribution in [3.8, 4) is 0 Å². The summed E-state index contributed by atoms with van der Waals surface area (Å²) in [4.78, 5) is 24.5. The molecule has 2 rings (SSSR count). The first kappa shape index (κ1) is 23.8. The fraction of sp³-hybridized carbons (Fsp3) is 0.364. The minimum absolute atomic E-state index is 0.119. The lowest BCUT2D eigenvalue weighted by Gasteiger charge is -2.18. The highest BCUT2D eigenvalue weighted by molar-refractivity contribution is 7.53. The van der Waals surface area contributed by atoms with Crippen molar-refractivity contribution in [2.75, 3.05) is 13.2 Å². The Morgan fingerprint density at radius 3 is 2.17 bits per heavy atom. The maximum atomic E-state index is 12.6. The lowest BCUT2D eigenvalue weighted by Crippen LogP contribution is -2.46. The zero-order valence-electron chi connectivity index (χ0n) is 17.6. The molecule has 0 unspecified atom stereocenters. The van der Waals surface area contributed by atoms with E-state index >= 15 is 0 Å². The Morgan fingerprint density at radius 1 is 1.03 bits per heavy atom. The van der Waals surface area contributed by atoms with E-state index in [1.807, 2.05) is 31.2 Å². The van der Waals surface area contributed by atoms with Crippen molar-refractivity contribution in [3.63, 3.8) is 0 Å². The van der Waals surface area contributed by atoms with Crippen LogP contribution in [0.15, 0.2) is 48.5 Å². The standard InChI is InChI=1S/C22H29N2O5P/c1-4-28-30(27,29-5-2)15-17-10-12-18(13-11-17)22(26)24-20(21(23)25)14-19-9-7-6-8-16(19)3/h6-13,20H,4-5,14-15H2,1-3H3,(H2,23,25)(H,24,26)/t20-/m0/s1. The molecule has 7 nitrogen and oxygen atoms in total. The number of benzene rings is 2. The fourth-order valence-corrected chi connectivity index (χ4v) is 4.73. The number of primary amides is 1. The van der Waals surface area contributed by atoms with Gasteiger partial charge < -0.3 is 20.1 Å². The van der Waals surface area contributed by atoms with Crippen LogP contribution in [0.5, 0.6) is 0 Å². The number of nitrogens with two attached hydrogens (primary N) is 1. The number of hydrogen-bond donors (Lipinski definition) is 2. The van der Waals surface area contributed by atoms with E-state index in [2.05, 4.69) is 5.32 Å². The smallest absolute Gasteiger partial charge is 0.335 e. The zero-order chi connectivity index (χ0) is 22.1. The highest BCUT2D eigenvalue weighted by Gasteiger charge is 2.24. The molecule has 0 aliphatic carbocycles. The maximum absolute atomic E-state index is 12.6. The molecule has 0 fully saturated rings. The summed E-state index contributed by atoms with van der Waals surface area (Å²) in [5.41, 5.74) is 8.56. The number of rotatable bonds is 11. The summed E-state index contributed by atoms with van der Waals surface area (Å²) in [6, 6.07) is 13.4. The Morgan fingerprint density at radius 2 is 1.63 bits per heavy atom. The summed E-state index contributed by atoms with van der Waals surface area (Å²) in [6.07, 6.45) is 0.436. The average Bonchev–Trinajstić information content (AvgIpc) is 2.69. The van der Waals surface area contributed by atoms with Gasteiger partial charge in [-0.25, -0.2) is 0 Å². The van der Waals surface area contributed by atoms with Crippen molar-refractivity contribution in [2.24, 2.45) is 5.73 Å². The summed E-state index contributed by atoms with van der Waals surface area (Å²) in [5.74, 6) is -1.01. The first-order valence-electron chi connectivity index (χ1n) is 9.89. The summed E-state index contributed by atoms with van der Waals surface area (Å²) >= 11 is 0. The third kappa shape index (κ3) is 6.80. The van der Waals surface area contributed by atoms with Crippen LogP contribution in [0, 0.1) is 6.92 Å². The van der Waals surface area contributed by atoms with Crippen LogP contribution in [-0.2, 0) is 31.0 Å². The highest BCUT2D eigenvalue weighted by atomic mass is 31.2. The van der Waals surface area contributed by atoms with Gasteiger partial charge in [-0.1, -0.05) is 36.4 Å². The molecule has 162 valence electrons. The van der Waals surface area contributed by atoms with E-state index in [1.165, 1.54) is 0 Å². The molecule has 8 heteroatoms. The molecular weight excluding hydrogens is 403 g/mol. The van der Waals surface area contributed by atoms with E-state index in [0.717, 1.165) is 16.7 Å². The van der Waals surface area contributed by atoms with Crippen molar-refractivity contribution in [1.82, 2.24) is 5.32 Å². The first-order chi connectivity index (χ1) is 14.3. The van der Waals surface area contributed by atoms with Crippen LogP contribution < -0.4 is 11.1 Å². The van der Waals surface area contributed by atoms with Crippen LogP contribution in [0.4, 0.5) is 0 Å². The van der Waals surface area contributed by atoms with Crippen LogP contribution in [0.3, 0.4) is 0 Å². The topological polar surface area (TPSA) is 108 Å². The van der Waals surface area contributed by atoms with Crippen molar-refractivity contribution < 1.29 is 23.2 Å². The van der Waals surface area contributed by atoms with E-state index < -0.39 is 25.5 Å². The van der Waals surface area contributed by atoms with Gasteiger partial charge in [0, 0.05) is 12.0 Å². The number of nitrogens with one attached hydrogen (secondary N) is 1. The minimum Gasteiger partial charge on any atom is -0.368 e. The van der Waals surface area contributed by atoms with Crippen molar-refractivity contribution in [1.29, 1.82) is 0 Å². The number of hydrogen-bond acceptors (Lipinski definition) is 5. The van der Waals surface area contributed by atoms with Gasteiger partial charge in [0.25, 0.3) is 5.91 Å². The normalized spacial score (nSPS) is 12.4. The second kappa shape index (κ2) is 11.1. The molecular formula is C22H29N2O5P. The Balaban J connectivity index is 2.07. The predicted octanol–water partition coefficient (Wildman–Crippen LogP) is 3.59. The molecule has 2 aromatic rings. The van der Waals surface area contributed by atoms with Crippen LogP contribution in [0.25, 0.3) is 0 Å². The number of amides is 2. The third-order valence-corrected chi connectivity index (χ3v) is 6.63. The molecule has 0 saturated carbocycles. The van der Waals surface area contributed by atoms with Gasteiger partial charge in [0.05, 0.1) is 19.4 Å². The number of carbonyl (C=O) groups is 2. The molecule has 3 N–H and O–H groups in total. The Labute approximate surface area is 177 Å². The summed E-state index contributed by atoms with van der Waals surface area (Å²) in [6.45, 7) is 6.02. The summed E-state index contributed by atoms with van der Waals surface area (Å²) in [5, 5.41) is 2.70. The molecule has 0 aromatic heterocycles. The van der Waals surface area contributed by atoms with Gasteiger partial charge in [-0.3, -0.25) is 14.2 Å². The fourth-order valence-electron chi connectivity index (χ4n) is 3.03. The second-order valence-electron chi connectivity index (χ2n) is 6.86. The van der Waals surface area contributed by atoms with Crippen LogP contribution in [0.1, 0.15) is 40.9 Å². The monoisotopic (exact) mass is 432 g/mol. The molecule has 0 bridgehead atoms. The van der Waals surface area contributed by atoms with Gasteiger partial charge in [-0.05, 0) is 49.6 Å². The van der Waals surface area contributed by atoms with Crippen molar-refractivity contribution >= 4 is 19.4 Å². The van der Waals surface area contributed by atoms with Crippen LogP contribution in [-0.4, -0.2) is 31.1 Å². The van der Waals surface area contributed by atoms with E-state index in [0.29, 0.717) is 12.0 Å². The van der Waals surface area contributed by atoms with Gasteiger partial charge in [0.1, 0.15) is 6.04 Å². The van der Waals surface area contributed by atoms with E-state index in [1.54, 1.807) is 38.1 Å². The molecule has 0 aliphatic heterocycles. The highest BCUT2D eigenvalue weighted by Crippen LogP contribution is 2.51. The Bertz CT molecular complexity index is 904. The molecule has 2 aromatic carbocycles. The van der Waals surface area contributed by atoms with Gasteiger partial charge in [0.2, 0.25) is 5.91 Å². The van der Waals surface area contributed by atoms with Gasteiger partial charge in [0.15, 0.2) is 0 Å². The van der Waals surface area contributed by atoms with Gasteiger partial charge in [-0.15, -0.1) is 0 Å². The number of aryl methyl sites for hydroxylation is 1. The SMILES string of the molecule is CCOP(=O)(Cc1ccc(C(=O)N[C@@H](Cc2ccccc2C)C(N)=O)cc1)OCC. The molecule has 30 heavy (non-hydrogen) atoms. The zero-order valence-corrected chi connectivity index (χ0v) is 18.5. The summed E-state index contributed by atoms with van der Waals surface area (Å²) < 4.78 is 23.2. The lowest BCUT2D eigenvalue weighted by molar-refractivity contribution is -0.119. The van der Waals surface area contributed by atoms with Crippen molar-refractivity contribution in [2.45, 2.75) is 39.4 Å². The van der Waals surface area contributed by atoms with Gasteiger partial charge >= 0.3 is 7.60 Å². The molecule has 1 atom stereocenters. The lowest BCUT2D eigenvalue weighted by atomic mass is 10.0. The average molecular weight is 432 g/mol. The molecule has 0 saturated heterocycles. The van der Waals surface area contributed by atoms with E-state index in [9.17, 15) is 14.2 Å². The third-order valence-electron chi connectivity index (χ3n) is 4.58. The molecule has 0 spiro atoms. The Kier molecular flexibility index (Phi) is 8.78. The molecule has 0 aliphatic rings. The van der Waals surface area contributed by atoms with Gasteiger partial charge in [-0.2, -0.15) is 0 Å². The molecule has 0 heterocycles.